The van der Waals surface area contributed by atoms with E-state index in [1.807, 2.05) is 0 Å². The highest BCUT2D eigenvalue weighted by Gasteiger charge is 2.22. The van der Waals surface area contributed by atoms with Gasteiger partial charge in [-0.05, 0) is 32.1 Å². The van der Waals surface area contributed by atoms with Gasteiger partial charge in [0.15, 0.2) is 0 Å². The highest BCUT2D eigenvalue weighted by Crippen LogP contribution is 2.29. The van der Waals surface area contributed by atoms with Crippen LogP contribution in [0.25, 0.3) is 0 Å². The molecule has 0 aliphatic carbocycles. The lowest BCUT2D eigenvalue weighted by molar-refractivity contribution is 0.393. The number of nitrogens with zero attached hydrogens (tertiary/aromatic N) is 3. The maximum Gasteiger partial charge on any atom is 0.137 e. The summed E-state index contributed by atoms with van der Waals surface area (Å²) in [7, 11) is 0. The average Bonchev–Trinajstić information content (AvgIpc) is 2.49. The van der Waals surface area contributed by atoms with Crippen LogP contribution in [0.3, 0.4) is 0 Å². The lowest BCUT2D eigenvalue weighted by Gasteiger charge is -2.33. The van der Waals surface area contributed by atoms with E-state index < -0.39 is 0 Å². The van der Waals surface area contributed by atoms with Crippen molar-refractivity contribution in [3.8, 4) is 0 Å². The molecular weight excluding hydrogens is 248 g/mol. The van der Waals surface area contributed by atoms with Crippen LogP contribution in [0, 0.1) is 5.92 Å². The Labute approximate surface area is 123 Å². The fourth-order valence-electron chi connectivity index (χ4n) is 3.03. The third-order valence-electron chi connectivity index (χ3n) is 4.26. The maximum absolute atomic E-state index is 4.59. The lowest BCUT2D eigenvalue weighted by atomic mass is 9.94. The minimum absolute atomic E-state index is 0.899. The third-order valence-corrected chi connectivity index (χ3v) is 4.26. The molecule has 1 saturated heterocycles. The van der Waals surface area contributed by atoms with Gasteiger partial charge >= 0.3 is 0 Å². The van der Waals surface area contributed by atoms with Crippen molar-refractivity contribution in [2.75, 3.05) is 29.9 Å². The van der Waals surface area contributed by atoms with E-state index in [1.54, 1.807) is 6.33 Å². The van der Waals surface area contributed by atoms with Crippen molar-refractivity contribution in [1.29, 1.82) is 0 Å². The van der Waals surface area contributed by atoms with E-state index in [1.165, 1.54) is 24.8 Å². The van der Waals surface area contributed by atoms with Gasteiger partial charge in [-0.25, -0.2) is 9.97 Å². The van der Waals surface area contributed by atoms with E-state index >= 15 is 0 Å². The molecule has 0 saturated carbocycles. The molecule has 1 N–H and O–H groups in total. The first-order chi connectivity index (χ1) is 9.80. The van der Waals surface area contributed by atoms with Crippen LogP contribution in [0.4, 0.5) is 11.6 Å². The summed E-state index contributed by atoms with van der Waals surface area (Å²) >= 11 is 0. The Bertz CT molecular complexity index is 411. The van der Waals surface area contributed by atoms with E-state index in [4.69, 9.17) is 0 Å². The van der Waals surface area contributed by atoms with E-state index in [-0.39, 0.29) is 0 Å². The molecular formula is C16H28N4. The Morgan fingerprint density at radius 3 is 2.55 bits per heavy atom. The molecule has 1 aromatic heterocycles. The summed E-state index contributed by atoms with van der Waals surface area (Å²) in [5, 5.41) is 3.38. The van der Waals surface area contributed by atoms with E-state index in [0.717, 1.165) is 50.0 Å². The van der Waals surface area contributed by atoms with Gasteiger partial charge in [-0.3, -0.25) is 0 Å². The Morgan fingerprint density at radius 1 is 1.20 bits per heavy atom. The number of hydrogen-bond acceptors (Lipinski definition) is 4. The predicted octanol–water partition coefficient (Wildman–Crippen LogP) is 3.49. The summed E-state index contributed by atoms with van der Waals surface area (Å²) in [6.07, 6.45) is 7.78. The maximum atomic E-state index is 4.59. The van der Waals surface area contributed by atoms with Gasteiger partial charge in [0.1, 0.15) is 18.0 Å². The van der Waals surface area contributed by atoms with Crippen molar-refractivity contribution < 1.29 is 0 Å². The molecule has 0 bridgehead atoms. The van der Waals surface area contributed by atoms with Crippen LogP contribution in [0.5, 0.6) is 0 Å². The number of piperidine rings is 1. The third kappa shape index (κ3) is 3.41. The van der Waals surface area contributed by atoms with Crippen molar-refractivity contribution in [2.45, 2.75) is 52.9 Å². The van der Waals surface area contributed by atoms with Crippen LogP contribution in [0.1, 0.15) is 52.0 Å². The molecule has 112 valence electrons. The molecule has 1 aliphatic heterocycles. The minimum Gasteiger partial charge on any atom is -0.370 e. The van der Waals surface area contributed by atoms with Crippen LogP contribution >= 0.6 is 0 Å². The number of anilines is 2. The van der Waals surface area contributed by atoms with Gasteiger partial charge in [0.25, 0.3) is 0 Å². The molecule has 0 spiro atoms. The fourth-order valence-corrected chi connectivity index (χ4v) is 3.03. The first-order valence-corrected chi connectivity index (χ1v) is 8.12. The van der Waals surface area contributed by atoms with Crippen LogP contribution in [-0.4, -0.2) is 29.6 Å². The summed E-state index contributed by atoms with van der Waals surface area (Å²) < 4.78 is 0. The summed E-state index contributed by atoms with van der Waals surface area (Å²) in [6.45, 7) is 9.82. The molecule has 1 fully saturated rings. The Balaban J connectivity index is 2.19. The molecule has 0 radical (unpaired) electrons. The second-order valence-electron chi connectivity index (χ2n) is 5.64. The summed E-state index contributed by atoms with van der Waals surface area (Å²) in [5.41, 5.74) is 1.30. The van der Waals surface area contributed by atoms with Crippen molar-refractivity contribution >= 4 is 11.6 Å². The molecule has 0 unspecified atom stereocenters. The predicted molar refractivity (Wildman–Crippen MR) is 85.4 cm³/mol. The average molecular weight is 276 g/mol. The topological polar surface area (TPSA) is 41.1 Å². The fraction of sp³-hybridized carbons (Fsp3) is 0.750. The van der Waals surface area contributed by atoms with Gasteiger partial charge in [0, 0.05) is 25.2 Å². The molecule has 0 atom stereocenters. The SMILES string of the molecule is CCCc1c(NCC)ncnc1N1CCC(CC)CC1. The van der Waals surface area contributed by atoms with Gasteiger partial charge in [-0.2, -0.15) is 0 Å². The minimum atomic E-state index is 0.899. The first kappa shape index (κ1) is 15.1. The molecule has 2 heterocycles. The summed E-state index contributed by atoms with van der Waals surface area (Å²) in [4.78, 5) is 11.5. The number of rotatable bonds is 6. The molecule has 1 aromatic rings. The summed E-state index contributed by atoms with van der Waals surface area (Å²) in [5.74, 6) is 3.08. The first-order valence-electron chi connectivity index (χ1n) is 8.12. The smallest absolute Gasteiger partial charge is 0.137 e. The van der Waals surface area contributed by atoms with Gasteiger partial charge in [-0.1, -0.05) is 26.7 Å². The van der Waals surface area contributed by atoms with Crippen LogP contribution < -0.4 is 10.2 Å². The number of hydrogen-bond donors (Lipinski definition) is 1. The molecule has 0 aromatic carbocycles. The zero-order valence-electron chi connectivity index (χ0n) is 13.2. The Kier molecular flexibility index (Phi) is 5.62. The molecule has 0 amide bonds. The van der Waals surface area contributed by atoms with Crippen molar-refractivity contribution in [2.24, 2.45) is 5.92 Å². The monoisotopic (exact) mass is 276 g/mol. The van der Waals surface area contributed by atoms with Gasteiger partial charge < -0.3 is 10.2 Å². The van der Waals surface area contributed by atoms with Crippen LogP contribution in [0.15, 0.2) is 6.33 Å². The highest BCUT2D eigenvalue weighted by atomic mass is 15.2. The summed E-state index contributed by atoms with van der Waals surface area (Å²) in [6, 6.07) is 0. The normalized spacial score (nSPS) is 16.4. The zero-order chi connectivity index (χ0) is 14.4. The van der Waals surface area contributed by atoms with Crippen LogP contribution in [0.2, 0.25) is 0 Å². The molecule has 1 aliphatic rings. The Morgan fingerprint density at radius 2 is 1.95 bits per heavy atom. The van der Waals surface area contributed by atoms with Gasteiger partial charge in [0.05, 0.1) is 0 Å². The van der Waals surface area contributed by atoms with Crippen molar-refractivity contribution in [3.63, 3.8) is 0 Å². The van der Waals surface area contributed by atoms with E-state index in [9.17, 15) is 0 Å². The molecule has 4 heteroatoms. The number of nitrogens with one attached hydrogen (secondary N) is 1. The molecule has 4 nitrogen and oxygen atoms in total. The van der Waals surface area contributed by atoms with E-state index in [2.05, 4.69) is 41.0 Å². The Hall–Kier alpha value is -1.32. The molecule has 20 heavy (non-hydrogen) atoms. The quantitative estimate of drug-likeness (QED) is 0.863. The van der Waals surface area contributed by atoms with Gasteiger partial charge in [-0.15, -0.1) is 0 Å². The second-order valence-corrected chi connectivity index (χ2v) is 5.64. The van der Waals surface area contributed by atoms with Crippen molar-refractivity contribution in [3.05, 3.63) is 11.9 Å². The number of aromatic nitrogens is 2. The second kappa shape index (κ2) is 7.46. The van der Waals surface area contributed by atoms with Crippen LogP contribution in [-0.2, 0) is 6.42 Å². The molecule has 2 rings (SSSR count). The van der Waals surface area contributed by atoms with Gasteiger partial charge in [0.2, 0.25) is 0 Å². The zero-order valence-corrected chi connectivity index (χ0v) is 13.2. The van der Waals surface area contributed by atoms with Crippen molar-refractivity contribution in [1.82, 2.24) is 9.97 Å². The standard InChI is InChI=1S/C16H28N4/c1-4-7-14-15(17-6-3)18-12-19-16(14)20-10-8-13(5-2)9-11-20/h12-13H,4-11H2,1-3H3,(H,17,18,19). The highest BCUT2D eigenvalue weighted by molar-refractivity contribution is 5.59. The van der Waals surface area contributed by atoms with E-state index in [0.29, 0.717) is 0 Å². The lowest BCUT2D eigenvalue weighted by Crippen LogP contribution is -2.35. The largest absolute Gasteiger partial charge is 0.370 e.